The number of anilines is 8. The number of aromatic hydroxyl groups is 2. The van der Waals surface area contributed by atoms with Gasteiger partial charge in [-0.05, 0) is 140 Å². The smallest absolute Gasteiger partial charge is 0.444 e. The zero-order valence-corrected chi connectivity index (χ0v) is 54.9. The van der Waals surface area contributed by atoms with E-state index in [4.69, 9.17) is 4.18 Å². The Labute approximate surface area is 573 Å². The first-order valence-corrected chi connectivity index (χ1v) is 35.7. The fraction of sp³-hybridized carbons (Fsp3) is 0. The fourth-order valence-corrected chi connectivity index (χ4v) is 12.7. The van der Waals surface area contributed by atoms with Crippen molar-refractivity contribution in [1.82, 2.24) is 29.9 Å². The van der Waals surface area contributed by atoms with Gasteiger partial charge in [-0.3, -0.25) is 27.3 Å². The average molecular weight is 1510 g/mol. The third-order valence-electron chi connectivity index (χ3n) is 13.8. The quantitative estimate of drug-likeness (QED) is 0.0129. The highest BCUT2D eigenvalue weighted by atomic mass is 32.2. The number of aromatic carboxylic acids is 2. The molecule has 0 fully saturated rings. The molecule has 102 heavy (non-hydrogen) atoms. The van der Waals surface area contributed by atoms with Crippen molar-refractivity contribution in [3.8, 4) is 29.1 Å². The highest BCUT2D eigenvalue weighted by Gasteiger charge is 2.30. The van der Waals surface area contributed by atoms with E-state index in [9.17, 15) is 104 Å². The minimum Gasteiger partial charge on any atom is -0.505 e. The van der Waals surface area contributed by atoms with Crippen LogP contribution in [0.5, 0.6) is 17.2 Å². The molecule has 40 nitrogen and oxygen atoms in total. The number of carboxylic acid groups (broad SMARTS) is 2. The molecule has 0 aliphatic carbocycles. The Bertz CT molecular complexity index is 6070. The number of nitrogens with one attached hydrogen (secondary N) is 4. The standard InChI is InChI=1S/C56H38N16O24S6/c73-47-43-29(21-39(96-97(79)80)45(47)69-67-35-9-1-3-11-40(35)100(87,88)89)19-33(98(81,82)83)23-37(43)59-53-61-51(63-55(65-53)71-17-5-7-27(25-71)49(75)76)57-31-13-15-32(16-14-31)58-52-62-54(66-56(64-52)72-18-6-8-28(26-72)50(77)78)60-38-24-34(99(84,85)86)20-30-22-42(102(93,94)95)46(48(74)44(30)38)70-68-36-10-2-4-12-41(36)101(90,91)92/h1-26H,(H12-2,57,58,59,60,61,62,63,64,65,66,67,68,69,70,73,74,75,76,77,78,79,80,81,82,83,84,85,86,87,88,89,90,91,92,93,94,95)/p+2. The van der Waals surface area contributed by atoms with Crippen LogP contribution in [-0.4, -0.2) is 136 Å². The third kappa shape index (κ3) is 15.9. The second-order valence-electron chi connectivity index (χ2n) is 20.5. The van der Waals surface area contributed by atoms with Crippen LogP contribution in [0, 0.1) is 0 Å². The molecule has 0 radical (unpaired) electrons. The van der Waals surface area contributed by atoms with Crippen molar-refractivity contribution >= 4 is 165 Å². The first-order chi connectivity index (χ1) is 47.9. The second-order valence-corrected chi connectivity index (χ2v) is 28.2. The third-order valence-corrected chi connectivity index (χ3v) is 18.4. The summed E-state index contributed by atoms with van der Waals surface area (Å²) in [7, 11) is -25.8. The van der Waals surface area contributed by atoms with Crippen LogP contribution >= 0.6 is 0 Å². The van der Waals surface area contributed by atoms with Gasteiger partial charge < -0.3 is 45.9 Å². The summed E-state index contributed by atoms with van der Waals surface area (Å²) < 4.78 is 205. The summed E-state index contributed by atoms with van der Waals surface area (Å²) in [4.78, 5) is 45.9. The summed E-state index contributed by atoms with van der Waals surface area (Å²) in [6, 6.07) is 24.1. The van der Waals surface area contributed by atoms with Crippen LogP contribution in [0.2, 0.25) is 0 Å². The van der Waals surface area contributed by atoms with E-state index in [-0.39, 0.29) is 45.7 Å². The zero-order chi connectivity index (χ0) is 73.5. The molecule has 7 aromatic carbocycles. The maximum atomic E-state index is 12.9. The molecule has 0 amide bonds. The number of benzene rings is 7. The average Bonchev–Trinajstić information content (AvgIpc) is 0.753. The molecule has 46 heteroatoms. The first kappa shape index (κ1) is 71.1. The molecule has 1 unspecified atom stereocenters. The Morgan fingerprint density at radius 1 is 0.441 bits per heavy atom. The van der Waals surface area contributed by atoms with Gasteiger partial charge in [-0.1, -0.05) is 24.3 Å². The molecule has 0 aliphatic heterocycles. The lowest BCUT2D eigenvalue weighted by Gasteiger charge is -2.15. The molecule has 0 spiro atoms. The van der Waals surface area contributed by atoms with Crippen LogP contribution in [0.25, 0.3) is 33.4 Å². The molecule has 522 valence electrons. The molecular formula is C56H40N16O24S6+2. The van der Waals surface area contributed by atoms with Crippen molar-refractivity contribution in [2.75, 3.05) is 21.3 Å². The van der Waals surface area contributed by atoms with Crippen molar-refractivity contribution in [2.24, 2.45) is 20.5 Å². The van der Waals surface area contributed by atoms with Gasteiger partial charge in [0.2, 0.25) is 0 Å². The van der Waals surface area contributed by atoms with E-state index in [1.54, 1.807) is 0 Å². The van der Waals surface area contributed by atoms with Gasteiger partial charge in [-0.25, -0.2) is 18.7 Å². The highest BCUT2D eigenvalue weighted by Crippen LogP contribution is 2.49. The van der Waals surface area contributed by atoms with Crippen LogP contribution in [0.4, 0.5) is 69.3 Å². The van der Waals surface area contributed by atoms with Crippen LogP contribution < -0.4 is 34.6 Å². The van der Waals surface area contributed by atoms with Gasteiger partial charge in [0.1, 0.15) is 31.7 Å². The van der Waals surface area contributed by atoms with Crippen molar-refractivity contribution < 1.29 is 117 Å². The van der Waals surface area contributed by atoms with Crippen LogP contribution in [-0.2, 0) is 62.0 Å². The largest absolute Gasteiger partial charge is 0.505 e. The number of nitrogens with zero attached hydrogens (tertiary/aromatic N) is 12. The Morgan fingerprint density at radius 2 is 0.824 bits per heavy atom. The van der Waals surface area contributed by atoms with E-state index < -0.39 is 184 Å². The Hall–Kier alpha value is -12.2. The van der Waals surface area contributed by atoms with Crippen LogP contribution in [0.15, 0.2) is 203 Å². The van der Waals surface area contributed by atoms with Crippen molar-refractivity contribution in [3.05, 3.63) is 169 Å². The molecule has 0 saturated carbocycles. The zero-order valence-electron chi connectivity index (χ0n) is 50.0. The van der Waals surface area contributed by atoms with Gasteiger partial charge in [0.15, 0.2) is 22.9 Å². The minimum absolute atomic E-state index is 0.137. The fourth-order valence-electron chi connectivity index (χ4n) is 9.44. The normalized spacial score (nSPS) is 12.6. The van der Waals surface area contributed by atoms with Crippen LogP contribution in [0.1, 0.15) is 20.7 Å². The number of aromatic nitrogens is 8. The van der Waals surface area contributed by atoms with E-state index >= 15 is 0 Å². The Morgan fingerprint density at radius 3 is 1.22 bits per heavy atom. The maximum absolute atomic E-state index is 12.9. The SMILES string of the molecule is O=C(O)c1ccc[n+](-c2nc(Nc3ccc(Nc4nc(Nc5cc(S(=O)(=O)O)cc6cc(S(=O)(=O)O)c(N=Nc7ccccc7S(=O)(=O)O)c(O)c56)nc(-[n+]5cccc(C(=O)O)c5)n4)cc3)nc(Nc3cc(S(=O)(=O)O)cc4cc(OS(=O)O)c(N=Nc5ccccc5S(=O)(=O)O)c(O)c34)n2)c1. The van der Waals surface area contributed by atoms with E-state index in [1.165, 1.54) is 85.2 Å². The van der Waals surface area contributed by atoms with Crippen molar-refractivity contribution in [1.29, 1.82) is 0 Å². The predicted molar refractivity (Wildman–Crippen MR) is 349 cm³/mol. The van der Waals surface area contributed by atoms with Gasteiger partial charge in [0.05, 0.1) is 57.1 Å². The maximum Gasteiger partial charge on any atom is 0.444 e. The number of fused-ring (bicyclic) bond motifs is 2. The molecule has 0 aliphatic rings. The molecular weight excluding hydrogens is 1470 g/mol. The molecule has 0 saturated heterocycles. The number of phenols is 2. The summed E-state index contributed by atoms with van der Waals surface area (Å²) in [5.41, 5.74) is -4.31. The highest BCUT2D eigenvalue weighted by molar-refractivity contribution is 7.87. The van der Waals surface area contributed by atoms with Crippen LogP contribution in [0.3, 0.4) is 0 Å². The number of hydrogen-bond donors (Lipinski definition) is 14. The van der Waals surface area contributed by atoms with Crippen molar-refractivity contribution in [3.63, 3.8) is 0 Å². The predicted octanol–water partition coefficient (Wildman–Crippen LogP) is 7.28. The molecule has 11 rings (SSSR count). The van der Waals surface area contributed by atoms with E-state index in [0.717, 1.165) is 70.1 Å². The van der Waals surface area contributed by atoms with Gasteiger partial charge in [-0.2, -0.15) is 46.3 Å². The Kier molecular flexibility index (Phi) is 19.1. The lowest BCUT2D eigenvalue weighted by Crippen LogP contribution is -2.34. The molecule has 0 bridgehead atoms. The lowest BCUT2D eigenvalue weighted by molar-refractivity contribution is -0.604. The van der Waals surface area contributed by atoms with E-state index in [0.29, 0.717) is 12.1 Å². The van der Waals surface area contributed by atoms with Crippen molar-refractivity contribution in [2.45, 2.75) is 24.5 Å². The summed E-state index contributed by atoms with van der Waals surface area (Å²) in [5.74, 6) is -8.37. The second kappa shape index (κ2) is 27.5. The van der Waals surface area contributed by atoms with Gasteiger partial charge in [0.25, 0.3) is 50.6 Å². The number of hydrogen-bond acceptors (Lipinski definition) is 30. The van der Waals surface area contributed by atoms with Gasteiger partial charge >= 0.3 is 59.0 Å². The number of pyridine rings is 2. The Balaban J connectivity index is 0.988. The van der Waals surface area contributed by atoms with Gasteiger partial charge in [-0.15, -0.1) is 30.4 Å². The topological polar surface area (TPSA) is 616 Å². The van der Waals surface area contributed by atoms with E-state index in [2.05, 4.69) is 71.6 Å². The summed E-state index contributed by atoms with van der Waals surface area (Å²) in [6.45, 7) is 0. The number of carbonyl (C=O) groups is 2. The molecule has 1 atom stereocenters. The summed E-state index contributed by atoms with van der Waals surface area (Å²) >= 11 is -3.19. The number of rotatable bonds is 23. The monoisotopic (exact) mass is 1510 g/mol. The molecule has 14 N–H and O–H groups in total. The van der Waals surface area contributed by atoms with E-state index in [1.807, 2.05) is 0 Å². The summed E-state index contributed by atoms with van der Waals surface area (Å²) in [5, 5.41) is 68.0. The minimum atomic E-state index is -5.46. The molecule has 4 heterocycles. The summed E-state index contributed by atoms with van der Waals surface area (Å²) in [6.07, 6.45) is 4.81. The first-order valence-electron chi connectivity index (χ1n) is 27.5. The number of phenolic OH excluding ortho intramolecular Hbond substituents is 2. The number of carboxylic acids is 2. The molecule has 4 aromatic heterocycles. The lowest BCUT2D eigenvalue weighted by atomic mass is 10.1. The number of azo groups is 2. The van der Waals surface area contributed by atoms with Gasteiger partial charge in [0, 0.05) is 22.1 Å². The molecule has 11 aromatic rings.